The minimum atomic E-state index is -0.434. The fourth-order valence-corrected chi connectivity index (χ4v) is 9.51. The number of benzene rings is 2. The van der Waals surface area contributed by atoms with Gasteiger partial charge in [0.05, 0.1) is 37.3 Å². The molecule has 0 saturated carbocycles. The van der Waals surface area contributed by atoms with Crippen LogP contribution in [0.3, 0.4) is 0 Å². The molecule has 6 atom stereocenters. The van der Waals surface area contributed by atoms with Crippen LogP contribution in [0.1, 0.15) is 35.1 Å². The zero-order chi connectivity index (χ0) is 31.0. The molecule has 2 aromatic carbocycles. The molecule has 2 spiro atoms. The van der Waals surface area contributed by atoms with Crippen molar-refractivity contribution < 1.29 is 29.2 Å². The van der Waals surface area contributed by atoms with Gasteiger partial charge >= 0.3 is 0 Å². The zero-order valence-corrected chi connectivity index (χ0v) is 28.8. The Hall–Kier alpha value is -2.08. The molecule has 6 aliphatic rings. The molecule has 236 valence electrons. The minimum absolute atomic E-state index is 0.0370. The van der Waals surface area contributed by atoms with Crippen LogP contribution in [-0.2, 0) is 23.7 Å². The van der Waals surface area contributed by atoms with Crippen LogP contribution >= 0.6 is 31.9 Å². The Labute approximate surface area is 275 Å². The first-order chi connectivity index (χ1) is 21.1. The summed E-state index contributed by atoms with van der Waals surface area (Å²) in [7, 11) is 7.66. The highest BCUT2D eigenvalue weighted by Gasteiger charge is 2.55. The molecule has 4 heterocycles. The minimum Gasteiger partial charge on any atom is -0.493 e. The van der Waals surface area contributed by atoms with E-state index in [0.29, 0.717) is 12.8 Å². The smallest absolute Gasteiger partial charge is 0.166 e. The summed E-state index contributed by atoms with van der Waals surface area (Å²) in [5, 5.41) is 20.1. The topological polar surface area (TPSA) is 83.9 Å². The second-order valence-electron chi connectivity index (χ2n) is 13.1. The van der Waals surface area contributed by atoms with E-state index in [9.17, 15) is 10.2 Å². The van der Waals surface area contributed by atoms with Gasteiger partial charge in [-0.15, -0.1) is 0 Å². The predicted molar refractivity (Wildman–Crippen MR) is 176 cm³/mol. The van der Waals surface area contributed by atoms with Gasteiger partial charge in [-0.1, -0.05) is 56.2 Å². The van der Waals surface area contributed by atoms with Crippen molar-refractivity contribution in [3.63, 3.8) is 0 Å². The Balaban J connectivity index is 0.000000142. The molecule has 2 aromatic rings. The van der Waals surface area contributed by atoms with Crippen molar-refractivity contribution in [2.24, 2.45) is 0 Å². The van der Waals surface area contributed by atoms with Crippen molar-refractivity contribution in [3.8, 4) is 23.0 Å². The van der Waals surface area contributed by atoms with E-state index in [1.807, 2.05) is 24.3 Å². The Morgan fingerprint density at radius 2 is 1.16 bits per heavy atom. The SMILES string of the molecule is COc1cc(Br)c2c3c1OC1C[C@@H](O)C=CC31CN(C)CC2.COc1cc(Br)c2c3c1OC1C[C@@H](O)C=CC31CN(C)CC2. The van der Waals surface area contributed by atoms with E-state index in [-0.39, 0.29) is 23.0 Å². The summed E-state index contributed by atoms with van der Waals surface area (Å²) in [6.07, 6.45) is 10.4. The number of hydrogen-bond donors (Lipinski definition) is 2. The summed E-state index contributed by atoms with van der Waals surface area (Å²) >= 11 is 7.43. The molecule has 10 heteroatoms. The van der Waals surface area contributed by atoms with Crippen LogP contribution in [0.5, 0.6) is 23.0 Å². The van der Waals surface area contributed by atoms with Crippen LogP contribution in [0.4, 0.5) is 0 Å². The number of nitrogens with zero attached hydrogens (tertiary/aromatic N) is 2. The molecule has 2 aliphatic carbocycles. The third-order valence-corrected chi connectivity index (χ3v) is 11.7. The van der Waals surface area contributed by atoms with Gasteiger partial charge in [0, 0.05) is 59.1 Å². The fourth-order valence-electron chi connectivity index (χ4n) is 8.31. The summed E-state index contributed by atoms with van der Waals surface area (Å²) in [6, 6.07) is 4.01. The van der Waals surface area contributed by atoms with Crippen LogP contribution in [-0.4, -0.2) is 98.9 Å². The average molecular weight is 733 g/mol. The normalized spacial score (nSPS) is 32.9. The largest absolute Gasteiger partial charge is 0.493 e. The highest BCUT2D eigenvalue weighted by molar-refractivity contribution is 9.10. The number of aliphatic hydroxyl groups excluding tert-OH is 2. The molecule has 0 radical (unpaired) electrons. The van der Waals surface area contributed by atoms with Crippen LogP contribution in [0.15, 0.2) is 45.4 Å². The van der Waals surface area contributed by atoms with Gasteiger partial charge in [-0.25, -0.2) is 0 Å². The van der Waals surface area contributed by atoms with Crippen LogP contribution < -0.4 is 18.9 Å². The van der Waals surface area contributed by atoms with Crippen LogP contribution in [0.2, 0.25) is 0 Å². The lowest BCUT2D eigenvalue weighted by atomic mass is 9.70. The van der Waals surface area contributed by atoms with Gasteiger partial charge in [-0.05, 0) is 50.2 Å². The molecule has 0 saturated heterocycles. The van der Waals surface area contributed by atoms with E-state index >= 15 is 0 Å². The number of methoxy groups -OCH3 is 2. The van der Waals surface area contributed by atoms with Gasteiger partial charge in [-0.2, -0.15) is 0 Å². The predicted octanol–water partition coefficient (Wildman–Crippen LogP) is 4.53. The Kier molecular flexibility index (Phi) is 7.86. The number of hydrogen-bond acceptors (Lipinski definition) is 8. The van der Waals surface area contributed by atoms with Gasteiger partial charge in [-0.3, -0.25) is 0 Å². The average Bonchev–Trinajstić information content (AvgIpc) is 3.36. The molecule has 4 aliphatic heterocycles. The molecule has 0 aromatic heterocycles. The zero-order valence-electron chi connectivity index (χ0n) is 25.6. The Morgan fingerprint density at radius 1 is 0.750 bits per heavy atom. The van der Waals surface area contributed by atoms with E-state index in [1.54, 1.807) is 14.2 Å². The Bertz CT molecular complexity index is 1430. The first kappa shape index (κ1) is 30.6. The third-order valence-electron chi connectivity index (χ3n) is 10.3. The van der Waals surface area contributed by atoms with E-state index < -0.39 is 12.2 Å². The number of rotatable bonds is 2. The summed E-state index contributed by atoms with van der Waals surface area (Å²) in [5.41, 5.74) is 4.73. The molecular formula is C34H40Br2N2O6. The standard InChI is InChI=1S/2C17H20BrNO3/c2*1-19-6-4-11-12(18)8-13(21-2)16-15(11)17(9-19)5-3-10(20)7-14(17)22-16/h2*3,5,8,10,14,20H,4,6-7,9H2,1-2H3/t2*10-,14?,17?/m00/s1. The highest BCUT2D eigenvalue weighted by atomic mass is 79.9. The maximum absolute atomic E-state index is 10.0. The molecule has 4 unspecified atom stereocenters. The molecule has 0 fully saturated rings. The van der Waals surface area contributed by atoms with Crippen molar-refractivity contribution in [2.45, 2.75) is 60.9 Å². The van der Waals surface area contributed by atoms with Crippen molar-refractivity contribution in [1.82, 2.24) is 9.80 Å². The lowest BCUT2D eigenvalue weighted by Gasteiger charge is -2.37. The number of halogens is 2. The summed E-state index contributed by atoms with van der Waals surface area (Å²) in [6.45, 7) is 3.84. The molecule has 44 heavy (non-hydrogen) atoms. The molecule has 2 N–H and O–H groups in total. The molecule has 8 rings (SSSR count). The van der Waals surface area contributed by atoms with E-state index in [2.05, 4.69) is 67.9 Å². The maximum Gasteiger partial charge on any atom is 0.166 e. The lowest BCUT2D eigenvalue weighted by molar-refractivity contribution is 0.0755. The highest BCUT2D eigenvalue weighted by Crippen LogP contribution is 2.57. The Morgan fingerprint density at radius 3 is 1.55 bits per heavy atom. The number of ether oxygens (including phenoxy) is 4. The van der Waals surface area contributed by atoms with E-state index in [1.165, 1.54) is 22.3 Å². The molecule has 0 bridgehead atoms. The van der Waals surface area contributed by atoms with Crippen molar-refractivity contribution >= 4 is 31.9 Å². The second-order valence-corrected chi connectivity index (χ2v) is 14.8. The van der Waals surface area contributed by atoms with Crippen molar-refractivity contribution in [3.05, 3.63) is 67.6 Å². The summed E-state index contributed by atoms with van der Waals surface area (Å²) < 4.78 is 25.9. The molecule has 8 nitrogen and oxygen atoms in total. The molecular weight excluding hydrogens is 692 g/mol. The first-order valence-electron chi connectivity index (χ1n) is 15.3. The first-order valence-corrected chi connectivity index (χ1v) is 16.9. The summed E-state index contributed by atoms with van der Waals surface area (Å²) in [5.74, 6) is 3.26. The van der Waals surface area contributed by atoms with Crippen molar-refractivity contribution in [2.75, 3.05) is 54.5 Å². The third kappa shape index (κ3) is 4.66. The lowest BCUT2D eigenvalue weighted by Crippen LogP contribution is -2.48. The molecule has 0 amide bonds. The maximum atomic E-state index is 10.0. The number of likely N-dealkylation sites (N-methyl/N-ethyl adjacent to an activating group) is 2. The van der Waals surface area contributed by atoms with Gasteiger partial charge in [0.25, 0.3) is 0 Å². The monoisotopic (exact) mass is 730 g/mol. The quantitative estimate of drug-likeness (QED) is 0.437. The van der Waals surface area contributed by atoms with E-state index in [0.717, 1.165) is 71.0 Å². The van der Waals surface area contributed by atoms with Gasteiger partial charge in [0.1, 0.15) is 12.2 Å². The number of aliphatic hydroxyl groups is 2. The van der Waals surface area contributed by atoms with Gasteiger partial charge < -0.3 is 39.0 Å². The van der Waals surface area contributed by atoms with Crippen LogP contribution in [0.25, 0.3) is 0 Å². The van der Waals surface area contributed by atoms with Crippen LogP contribution in [0, 0.1) is 0 Å². The van der Waals surface area contributed by atoms with E-state index in [4.69, 9.17) is 18.9 Å². The fraction of sp³-hybridized carbons (Fsp3) is 0.529. The second kappa shape index (κ2) is 11.3. The van der Waals surface area contributed by atoms with Gasteiger partial charge in [0.2, 0.25) is 0 Å². The van der Waals surface area contributed by atoms with Gasteiger partial charge in [0.15, 0.2) is 23.0 Å². The summed E-state index contributed by atoms with van der Waals surface area (Å²) in [4.78, 5) is 4.71. The van der Waals surface area contributed by atoms with Crippen molar-refractivity contribution in [1.29, 1.82) is 0 Å².